The topological polar surface area (TPSA) is 66.9 Å². The van der Waals surface area contributed by atoms with Crippen LogP contribution in [-0.4, -0.2) is 15.9 Å². The van der Waals surface area contributed by atoms with E-state index < -0.39 is 0 Å². The molecule has 1 aromatic heterocycles. The molecule has 0 unspecified atom stereocenters. The van der Waals surface area contributed by atoms with Gasteiger partial charge in [-0.2, -0.15) is 0 Å². The van der Waals surface area contributed by atoms with Gasteiger partial charge in [0.1, 0.15) is 17.3 Å². The molecule has 0 atom stereocenters. The smallest absolute Gasteiger partial charge is 0.275 e. The SMILES string of the molecule is Cc1ccc(NC(=O)c2cnc(NCc3ccccc3F)cn2)c(C)c1. The Bertz CT molecular complexity index is 925. The van der Waals surface area contributed by atoms with Crippen molar-refractivity contribution in [3.05, 3.63) is 83.1 Å². The number of aryl methyl sites for hydroxylation is 2. The van der Waals surface area contributed by atoms with Crippen LogP contribution in [-0.2, 0) is 6.54 Å². The number of halogens is 1. The molecule has 26 heavy (non-hydrogen) atoms. The molecule has 0 fully saturated rings. The highest BCUT2D eigenvalue weighted by Crippen LogP contribution is 2.17. The van der Waals surface area contributed by atoms with Crippen LogP contribution < -0.4 is 10.6 Å². The van der Waals surface area contributed by atoms with E-state index in [1.54, 1.807) is 18.2 Å². The lowest BCUT2D eigenvalue weighted by molar-refractivity contribution is 0.102. The van der Waals surface area contributed by atoms with E-state index in [1.165, 1.54) is 18.5 Å². The summed E-state index contributed by atoms with van der Waals surface area (Å²) in [5, 5.41) is 5.81. The number of anilines is 2. The molecule has 1 amide bonds. The first-order valence-corrected chi connectivity index (χ1v) is 8.21. The van der Waals surface area contributed by atoms with Gasteiger partial charge in [-0.05, 0) is 31.5 Å². The molecular formula is C20H19FN4O. The Morgan fingerprint density at radius 2 is 1.88 bits per heavy atom. The minimum absolute atomic E-state index is 0.210. The number of hydrogen-bond donors (Lipinski definition) is 2. The average Bonchev–Trinajstić information content (AvgIpc) is 2.64. The van der Waals surface area contributed by atoms with E-state index in [-0.39, 0.29) is 24.0 Å². The maximum Gasteiger partial charge on any atom is 0.275 e. The van der Waals surface area contributed by atoms with Crippen molar-refractivity contribution in [1.82, 2.24) is 9.97 Å². The summed E-state index contributed by atoms with van der Waals surface area (Å²) in [6, 6.07) is 12.3. The van der Waals surface area contributed by atoms with Crippen molar-refractivity contribution in [2.24, 2.45) is 0 Å². The van der Waals surface area contributed by atoms with Crippen LogP contribution in [0.25, 0.3) is 0 Å². The summed E-state index contributed by atoms with van der Waals surface area (Å²) in [6.45, 7) is 4.22. The Balaban J connectivity index is 1.63. The molecule has 3 rings (SSSR count). The Morgan fingerprint density at radius 3 is 2.58 bits per heavy atom. The molecular weight excluding hydrogens is 331 g/mol. The van der Waals surface area contributed by atoms with Gasteiger partial charge in [0.25, 0.3) is 5.91 Å². The van der Waals surface area contributed by atoms with Gasteiger partial charge in [0, 0.05) is 17.8 Å². The van der Waals surface area contributed by atoms with Gasteiger partial charge < -0.3 is 10.6 Å². The summed E-state index contributed by atoms with van der Waals surface area (Å²) >= 11 is 0. The van der Waals surface area contributed by atoms with E-state index in [4.69, 9.17) is 0 Å². The fourth-order valence-corrected chi connectivity index (χ4v) is 2.50. The van der Waals surface area contributed by atoms with E-state index in [0.29, 0.717) is 11.4 Å². The van der Waals surface area contributed by atoms with Crippen molar-refractivity contribution in [2.45, 2.75) is 20.4 Å². The van der Waals surface area contributed by atoms with Gasteiger partial charge in [-0.1, -0.05) is 35.9 Å². The van der Waals surface area contributed by atoms with Crippen LogP contribution in [0.2, 0.25) is 0 Å². The molecule has 0 aliphatic rings. The molecule has 0 spiro atoms. The average molecular weight is 350 g/mol. The molecule has 0 bridgehead atoms. The number of nitrogens with one attached hydrogen (secondary N) is 2. The maximum atomic E-state index is 13.6. The summed E-state index contributed by atoms with van der Waals surface area (Å²) in [5.41, 5.74) is 3.59. The molecule has 0 aliphatic carbocycles. The summed E-state index contributed by atoms with van der Waals surface area (Å²) in [6.07, 6.45) is 2.85. The summed E-state index contributed by atoms with van der Waals surface area (Å²) < 4.78 is 13.6. The van der Waals surface area contributed by atoms with Crippen molar-refractivity contribution in [1.29, 1.82) is 0 Å². The number of amides is 1. The molecule has 1 heterocycles. The van der Waals surface area contributed by atoms with Gasteiger partial charge in [-0.25, -0.2) is 14.4 Å². The van der Waals surface area contributed by atoms with Gasteiger partial charge in [0.2, 0.25) is 0 Å². The van der Waals surface area contributed by atoms with Crippen LogP contribution in [0.15, 0.2) is 54.9 Å². The number of nitrogens with zero attached hydrogens (tertiary/aromatic N) is 2. The highest BCUT2D eigenvalue weighted by Gasteiger charge is 2.10. The van der Waals surface area contributed by atoms with Gasteiger partial charge in [-0.3, -0.25) is 4.79 Å². The zero-order chi connectivity index (χ0) is 18.5. The Labute approximate surface area is 151 Å². The van der Waals surface area contributed by atoms with Crippen LogP contribution in [0.3, 0.4) is 0 Å². The molecule has 3 aromatic rings. The third kappa shape index (κ3) is 4.22. The first-order chi connectivity index (χ1) is 12.5. The van der Waals surface area contributed by atoms with Gasteiger partial charge in [-0.15, -0.1) is 0 Å². The highest BCUT2D eigenvalue weighted by molar-refractivity contribution is 6.03. The van der Waals surface area contributed by atoms with Crippen molar-refractivity contribution in [2.75, 3.05) is 10.6 Å². The van der Waals surface area contributed by atoms with Crippen LogP contribution in [0.4, 0.5) is 15.9 Å². The van der Waals surface area contributed by atoms with Gasteiger partial charge in [0.15, 0.2) is 0 Å². The zero-order valence-corrected chi connectivity index (χ0v) is 14.6. The predicted octanol–water partition coefficient (Wildman–Crippen LogP) is 4.10. The van der Waals surface area contributed by atoms with Gasteiger partial charge >= 0.3 is 0 Å². The van der Waals surface area contributed by atoms with E-state index in [2.05, 4.69) is 20.6 Å². The molecule has 0 radical (unpaired) electrons. The third-order valence-corrected chi connectivity index (χ3v) is 3.93. The predicted molar refractivity (Wildman–Crippen MR) is 99.6 cm³/mol. The second kappa shape index (κ2) is 7.74. The molecule has 2 aromatic carbocycles. The van der Waals surface area contributed by atoms with E-state index in [9.17, 15) is 9.18 Å². The van der Waals surface area contributed by atoms with E-state index in [0.717, 1.165) is 16.8 Å². The Hall–Kier alpha value is -3.28. The van der Waals surface area contributed by atoms with E-state index in [1.807, 2.05) is 32.0 Å². The molecule has 5 nitrogen and oxygen atoms in total. The lowest BCUT2D eigenvalue weighted by atomic mass is 10.1. The maximum absolute atomic E-state index is 13.6. The normalized spacial score (nSPS) is 10.4. The number of hydrogen-bond acceptors (Lipinski definition) is 4. The van der Waals surface area contributed by atoms with Crippen molar-refractivity contribution in [3.8, 4) is 0 Å². The number of carbonyl (C=O) groups is 1. The van der Waals surface area contributed by atoms with Crippen LogP contribution >= 0.6 is 0 Å². The van der Waals surface area contributed by atoms with E-state index >= 15 is 0 Å². The van der Waals surface area contributed by atoms with Crippen molar-refractivity contribution >= 4 is 17.4 Å². The third-order valence-electron chi connectivity index (χ3n) is 3.93. The lowest BCUT2D eigenvalue weighted by Crippen LogP contribution is -2.15. The summed E-state index contributed by atoms with van der Waals surface area (Å²) in [5.74, 6) is -0.140. The minimum atomic E-state index is -0.329. The Kier molecular flexibility index (Phi) is 5.22. The van der Waals surface area contributed by atoms with Crippen LogP contribution in [0.1, 0.15) is 27.2 Å². The highest BCUT2D eigenvalue weighted by atomic mass is 19.1. The first-order valence-electron chi connectivity index (χ1n) is 8.21. The number of benzene rings is 2. The molecule has 0 saturated heterocycles. The summed E-state index contributed by atoms with van der Waals surface area (Å²) in [4.78, 5) is 20.6. The number of rotatable bonds is 5. The second-order valence-corrected chi connectivity index (χ2v) is 6.00. The molecule has 0 saturated carbocycles. The quantitative estimate of drug-likeness (QED) is 0.727. The van der Waals surface area contributed by atoms with Crippen molar-refractivity contribution < 1.29 is 9.18 Å². The van der Waals surface area contributed by atoms with Crippen LogP contribution in [0.5, 0.6) is 0 Å². The molecule has 132 valence electrons. The standard InChI is InChI=1S/C20H19FN4O/c1-13-7-8-17(14(2)9-13)25-20(26)18-11-24-19(12-22-18)23-10-15-5-3-4-6-16(15)21/h3-9,11-12H,10H2,1-2H3,(H,23,24)(H,25,26). The Morgan fingerprint density at radius 1 is 1.08 bits per heavy atom. The lowest BCUT2D eigenvalue weighted by Gasteiger charge is -2.09. The fraction of sp³-hybridized carbons (Fsp3) is 0.150. The largest absolute Gasteiger partial charge is 0.365 e. The minimum Gasteiger partial charge on any atom is -0.365 e. The zero-order valence-electron chi connectivity index (χ0n) is 14.6. The molecule has 2 N–H and O–H groups in total. The number of aromatic nitrogens is 2. The van der Waals surface area contributed by atoms with Crippen molar-refractivity contribution in [3.63, 3.8) is 0 Å². The van der Waals surface area contributed by atoms with Gasteiger partial charge in [0.05, 0.1) is 12.4 Å². The summed E-state index contributed by atoms with van der Waals surface area (Å²) in [7, 11) is 0. The first kappa shape index (κ1) is 17.5. The monoisotopic (exact) mass is 350 g/mol. The molecule has 6 heteroatoms. The second-order valence-electron chi connectivity index (χ2n) is 6.00. The van der Waals surface area contributed by atoms with Crippen LogP contribution in [0, 0.1) is 19.7 Å². The molecule has 0 aliphatic heterocycles. The number of carbonyl (C=O) groups excluding carboxylic acids is 1. The fourth-order valence-electron chi connectivity index (χ4n) is 2.50.